The summed E-state index contributed by atoms with van der Waals surface area (Å²) in [6.07, 6.45) is 0. The molecule has 0 atom stereocenters. The van der Waals surface area contributed by atoms with Crippen LogP contribution in [0.2, 0.25) is 0 Å². The molecule has 16 aromatic rings. The molecule has 0 amide bonds. The normalized spacial score (nSPS) is 13.9. The lowest BCUT2D eigenvalue weighted by Crippen LogP contribution is -2.61. The summed E-state index contributed by atoms with van der Waals surface area (Å²) in [7, 11) is 0. The highest BCUT2D eigenvalue weighted by molar-refractivity contribution is 7.03. The highest BCUT2D eigenvalue weighted by Gasteiger charge is 2.48. The zero-order valence-electron chi connectivity index (χ0n) is 56.1. The largest absolute Gasteiger partial charge is 0.458 e. The molecule has 8 nitrogen and oxygen atoms in total. The Morgan fingerprint density at radius 2 is 0.423 bits per heavy atom. The van der Waals surface area contributed by atoms with Crippen LogP contribution in [0.4, 0.5) is 68.2 Å². The molecule has 24 rings (SSSR count). The molecule has 0 saturated carbocycles. The van der Waals surface area contributed by atoms with E-state index in [-0.39, 0.29) is 26.9 Å². The number of para-hydroxylation sites is 8. The molecule has 8 aliphatic rings. The van der Waals surface area contributed by atoms with Crippen molar-refractivity contribution in [1.29, 1.82) is 0 Å². The lowest BCUT2D eigenvalue weighted by atomic mass is 9.32. The molecule has 0 unspecified atom stereocenters. The van der Waals surface area contributed by atoms with Gasteiger partial charge in [0.25, 0.3) is 26.9 Å². The molecule has 104 heavy (non-hydrogen) atoms. The van der Waals surface area contributed by atoms with Crippen LogP contribution in [0.3, 0.4) is 0 Å². The average molecular weight is 1320 g/mol. The Morgan fingerprint density at radius 1 is 0.173 bits per heavy atom. The monoisotopic (exact) mass is 1320 g/mol. The highest BCUT2D eigenvalue weighted by atomic mass is 16.5. The molecule has 0 N–H and O–H groups in total. The van der Waals surface area contributed by atoms with Crippen LogP contribution < -0.4 is 104 Å². The molecule has 16 aromatic carbocycles. The summed E-state index contributed by atoms with van der Waals surface area (Å²) in [5.41, 5.74) is 28.6. The van der Waals surface area contributed by atoms with Crippen LogP contribution in [0.1, 0.15) is 0 Å². The first kappa shape index (κ1) is 57.5. The van der Waals surface area contributed by atoms with Crippen LogP contribution in [-0.4, -0.2) is 26.9 Å². The Balaban J connectivity index is 0.000000127. The minimum atomic E-state index is -0.00701. The van der Waals surface area contributed by atoms with Gasteiger partial charge in [0.15, 0.2) is 0 Å². The van der Waals surface area contributed by atoms with Crippen molar-refractivity contribution in [2.24, 2.45) is 0 Å². The van der Waals surface area contributed by atoms with Gasteiger partial charge in [-0.15, -0.1) is 0 Å². The van der Waals surface area contributed by atoms with E-state index in [1.165, 1.54) is 104 Å². The predicted octanol–water partition coefficient (Wildman–Crippen LogP) is 15.3. The molecule has 8 aliphatic heterocycles. The first-order chi connectivity index (χ1) is 51.6. The molecule has 8 heterocycles. The molecule has 0 saturated heterocycles. The zero-order valence-corrected chi connectivity index (χ0v) is 56.1. The molecule has 0 bridgehead atoms. The van der Waals surface area contributed by atoms with E-state index in [4.69, 9.17) is 18.9 Å². The van der Waals surface area contributed by atoms with Gasteiger partial charge in [-0.25, -0.2) is 0 Å². The summed E-state index contributed by atoms with van der Waals surface area (Å²) in [5, 5.41) is 4.66. The molecule has 0 spiro atoms. The summed E-state index contributed by atoms with van der Waals surface area (Å²) < 4.78 is 27.4. The molecule has 0 radical (unpaired) electrons. The zero-order chi connectivity index (χ0) is 67.8. The Kier molecular flexibility index (Phi) is 12.2. The number of fused-ring (bicyclic) bond motifs is 20. The van der Waals surface area contributed by atoms with Gasteiger partial charge < -0.3 is 38.5 Å². The van der Waals surface area contributed by atoms with E-state index in [0.29, 0.717) is 0 Å². The number of anilines is 12. The third-order valence-corrected chi connectivity index (χ3v) is 22.7. The maximum Gasteiger partial charge on any atom is 0.257 e. The van der Waals surface area contributed by atoms with Crippen molar-refractivity contribution in [1.82, 2.24) is 0 Å². The summed E-state index contributed by atoms with van der Waals surface area (Å²) in [4.78, 5) is 9.52. The van der Waals surface area contributed by atoms with Crippen molar-refractivity contribution < 1.29 is 18.9 Å². The number of rotatable bonds is 4. The number of nitrogens with zero attached hydrogens (tertiary/aromatic N) is 4. The molecule has 0 fully saturated rings. The smallest absolute Gasteiger partial charge is 0.257 e. The van der Waals surface area contributed by atoms with Gasteiger partial charge in [0, 0.05) is 68.2 Å². The van der Waals surface area contributed by atoms with Crippen LogP contribution >= 0.6 is 0 Å². The minimum absolute atomic E-state index is 0.00701. The summed E-state index contributed by atoms with van der Waals surface area (Å²) in [5.74, 6) is 7.22. The van der Waals surface area contributed by atoms with Gasteiger partial charge in [-0.3, -0.25) is 0 Å². The fourth-order valence-corrected chi connectivity index (χ4v) is 18.6. The van der Waals surface area contributed by atoms with E-state index >= 15 is 0 Å². The average Bonchev–Trinajstić information content (AvgIpc) is 0.704. The van der Waals surface area contributed by atoms with Crippen LogP contribution in [-0.2, 0) is 0 Å². The number of ether oxygens (including phenoxy) is 4. The second-order valence-corrected chi connectivity index (χ2v) is 28.0. The summed E-state index contributed by atoms with van der Waals surface area (Å²) >= 11 is 0. The minimum Gasteiger partial charge on any atom is -0.458 e. The maximum absolute atomic E-state index is 6.87. The Hall–Kier alpha value is -13.3. The van der Waals surface area contributed by atoms with Crippen LogP contribution in [0.5, 0.6) is 46.0 Å². The van der Waals surface area contributed by atoms with Crippen molar-refractivity contribution in [3.05, 3.63) is 340 Å². The van der Waals surface area contributed by atoms with Crippen LogP contribution in [0.25, 0.3) is 21.5 Å². The van der Waals surface area contributed by atoms with E-state index in [0.717, 1.165) is 96.9 Å². The fraction of sp³-hybridized carbons (Fsp3) is 0. The van der Waals surface area contributed by atoms with Crippen molar-refractivity contribution in [2.45, 2.75) is 0 Å². The molecular weight excluding hydrogens is 1270 g/mol. The predicted molar refractivity (Wildman–Crippen MR) is 431 cm³/mol. The molecular formula is C92H56B4N4O4. The van der Waals surface area contributed by atoms with Gasteiger partial charge >= 0.3 is 0 Å². The van der Waals surface area contributed by atoms with Crippen molar-refractivity contribution in [3.8, 4) is 46.0 Å². The molecule has 0 aromatic heterocycles. The number of benzene rings is 16. The van der Waals surface area contributed by atoms with Crippen LogP contribution in [0, 0.1) is 0 Å². The lowest BCUT2D eigenvalue weighted by Gasteiger charge is -2.41. The highest BCUT2D eigenvalue weighted by Crippen LogP contribution is 2.48. The topological polar surface area (TPSA) is 49.9 Å². The quantitative estimate of drug-likeness (QED) is 0.162. The van der Waals surface area contributed by atoms with E-state index in [1.807, 2.05) is 0 Å². The molecule has 0 aliphatic carbocycles. The first-order valence-electron chi connectivity index (χ1n) is 35.8. The third-order valence-electron chi connectivity index (χ3n) is 22.7. The standard InChI is InChI=1S/2C46H28B2N2O2/c1-3-13-31(14-4-1)49-37-19-9-7-17-33(37)47-35-25-29-26-36-44(28-30(29)27-43(35)51-41-23-11-21-39(49)45(41)47)52-42-24-12-22-40-46(42)48(36)34-18-8-10-20-38(34)50(40)32-15-5-2-6-16-32;1-3-13-29(14-4-1)49-35-19-9-7-17-33(35)47-43-31-25-28-42-44(32(31)26-27-41(43)51-39-23-11-21-37(49)45(39)47)48-34-18-8-10-20-36(34)50(30-15-5-2-6-16-30)38-22-12-24-40(52-42)46(38)48/h2*1-28H. The van der Waals surface area contributed by atoms with Crippen molar-refractivity contribution >= 4 is 182 Å². The van der Waals surface area contributed by atoms with E-state index in [1.54, 1.807) is 0 Å². The van der Waals surface area contributed by atoms with Crippen LogP contribution in [0.15, 0.2) is 340 Å². The lowest BCUT2D eigenvalue weighted by molar-refractivity contribution is 0.486. The van der Waals surface area contributed by atoms with Gasteiger partial charge in [-0.2, -0.15) is 0 Å². The van der Waals surface area contributed by atoms with Gasteiger partial charge in [0.05, 0.1) is 0 Å². The van der Waals surface area contributed by atoms with E-state index in [2.05, 4.69) is 359 Å². The second kappa shape index (κ2) is 22.1. The van der Waals surface area contributed by atoms with E-state index in [9.17, 15) is 0 Å². The summed E-state index contributed by atoms with van der Waals surface area (Å²) in [6, 6.07) is 122. The van der Waals surface area contributed by atoms with Gasteiger partial charge in [0.2, 0.25) is 0 Å². The molecule has 12 heteroatoms. The van der Waals surface area contributed by atoms with Gasteiger partial charge in [0.1, 0.15) is 46.0 Å². The Morgan fingerprint density at radius 3 is 0.750 bits per heavy atom. The third kappa shape index (κ3) is 8.19. The second-order valence-electron chi connectivity index (χ2n) is 28.0. The Bertz CT molecular complexity index is 5970. The van der Waals surface area contributed by atoms with Gasteiger partial charge in [-0.1, -0.05) is 194 Å². The maximum atomic E-state index is 6.87. The summed E-state index contributed by atoms with van der Waals surface area (Å²) in [6.45, 7) is 0.0507. The molecule has 480 valence electrons. The number of hydrogen-bond donors (Lipinski definition) is 0. The van der Waals surface area contributed by atoms with Crippen molar-refractivity contribution in [3.63, 3.8) is 0 Å². The van der Waals surface area contributed by atoms with Crippen molar-refractivity contribution in [2.75, 3.05) is 19.6 Å². The fourth-order valence-electron chi connectivity index (χ4n) is 18.6. The SMILES string of the molecule is c1ccc(N2c3ccccc3B3c4c(cccc42)Oc2ccc4c5c(ccc4c23)Oc2cccc3c2B5c2ccccc2N3c2ccccc2)cc1.c1ccc(N2c3ccccc3B3c4cc5cc6c(cc5cc4Oc4cccc2c43)Oc2cccc3c2B6c2ccccc2N3c2ccccc2)cc1. The first-order valence-corrected chi connectivity index (χ1v) is 35.8. The van der Waals surface area contributed by atoms with E-state index < -0.39 is 0 Å². The Labute approximate surface area is 602 Å². The number of hydrogen-bond acceptors (Lipinski definition) is 8. The van der Waals surface area contributed by atoms with Gasteiger partial charge in [-0.05, 0) is 233 Å².